The summed E-state index contributed by atoms with van der Waals surface area (Å²) in [6.45, 7) is 21.3. The van der Waals surface area contributed by atoms with Crippen molar-refractivity contribution in [2.45, 2.75) is 148 Å². The maximum atomic E-state index is 9.76. The van der Waals surface area contributed by atoms with E-state index in [4.69, 9.17) is 9.98 Å². The lowest BCUT2D eigenvalue weighted by Gasteiger charge is -2.45. The summed E-state index contributed by atoms with van der Waals surface area (Å²) >= 11 is 0. The predicted octanol–water partition coefficient (Wildman–Crippen LogP) is 9.34. The Morgan fingerprint density at radius 3 is 2.53 bits per heavy atom. The molecule has 0 radical (unpaired) electrons. The first-order valence-electron chi connectivity index (χ1n) is 19.4. The molecule has 5 fully saturated rings. The number of allylic oxidation sites excluding steroid dienone is 3. The van der Waals surface area contributed by atoms with Crippen LogP contribution in [0.5, 0.6) is 0 Å². The van der Waals surface area contributed by atoms with E-state index in [1.54, 1.807) is 0 Å². The SMILES string of the molecule is C=CNC1(CN(CCCC(C)(C)C)/C(=C/C(=N\CCCC2CCCN2C)C(/C)=C2\CCC3CCCC34CCCC[C@H]4C2=N)N=C)CC1. The molecule has 5 rings (SSSR count). The molecular formula is C41H68N6. The molecular weight excluding hydrogens is 576 g/mol. The van der Waals surface area contributed by atoms with E-state index in [0.29, 0.717) is 22.8 Å². The average molecular weight is 645 g/mol. The molecule has 3 unspecified atom stereocenters. The van der Waals surface area contributed by atoms with Crippen molar-refractivity contribution >= 4 is 18.1 Å². The van der Waals surface area contributed by atoms with Crippen LogP contribution in [0.4, 0.5) is 0 Å². The molecule has 4 aliphatic carbocycles. The summed E-state index contributed by atoms with van der Waals surface area (Å²) in [7, 11) is 2.28. The van der Waals surface area contributed by atoms with Crippen LogP contribution < -0.4 is 5.32 Å². The fraction of sp³-hybridized carbons (Fsp3) is 0.780. The van der Waals surface area contributed by atoms with E-state index >= 15 is 0 Å². The van der Waals surface area contributed by atoms with Crippen LogP contribution >= 0.6 is 0 Å². The number of hydrogen-bond acceptors (Lipinski definition) is 6. The maximum Gasteiger partial charge on any atom is 0.129 e. The molecule has 4 saturated carbocycles. The van der Waals surface area contributed by atoms with Gasteiger partial charge in [0.15, 0.2) is 0 Å². The summed E-state index contributed by atoms with van der Waals surface area (Å²) in [5.74, 6) is 2.13. The summed E-state index contributed by atoms with van der Waals surface area (Å²) in [6, 6.07) is 0.691. The van der Waals surface area contributed by atoms with Crippen LogP contribution in [-0.4, -0.2) is 72.7 Å². The van der Waals surface area contributed by atoms with E-state index < -0.39 is 0 Å². The summed E-state index contributed by atoms with van der Waals surface area (Å²) in [5.41, 5.74) is 5.23. The molecule has 1 saturated heterocycles. The fourth-order valence-corrected chi connectivity index (χ4v) is 9.95. The minimum absolute atomic E-state index is 0.0713. The van der Waals surface area contributed by atoms with E-state index in [1.165, 1.54) is 88.3 Å². The van der Waals surface area contributed by atoms with Gasteiger partial charge in [-0.25, -0.2) is 4.99 Å². The quantitative estimate of drug-likeness (QED) is 0.138. The molecule has 0 bridgehead atoms. The lowest BCUT2D eigenvalue weighted by atomic mass is 9.59. The Balaban J connectivity index is 1.47. The number of nitrogens with one attached hydrogen (secondary N) is 2. The van der Waals surface area contributed by atoms with Crippen LogP contribution in [0.2, 0.25) is 0 Å². The van der Waals surface area contributed by atoms with E-state index in [-0.39, 0.29) is 5.54 Å². The number of aliphatic imine (C=N–C) groups is 2. The molecule has 0 aromatic carbocycles. The van der Waals surface area contributed by atoms with Crippen LogP contribution in [0, 0.1) is 28.1 Å². The first kappa shape index (κ1) is 36.1. The molecule has 0 aromatic rings. The largest absolute Gasteiger partial charge is 0.384 e. The highest BCUT2D eigenvalue weighted by Gasteiger charge is 2.52. The minimum Gasteiger partial charge on any atom is -0.384 e. The van der Waals surface area contributed by atoms with Gasteiger partial charge in [0.1, 0.15) is 5.82 Å². The maximum absolute atomic E-state index is 9.76. The van der Waals surface area contributed by atoms with Crippen molar-refractivity contribution in [3.63, 3.8) is 0 Å². The Hall–Kier alpha value is -2.21. The smallest absolute Gasteiger partial charge is 0.129 e. The molecule has 5 aliphatic rings. The van der Waals surface area contributed by atoms with Gasteiger partial charge in [0.25, 0.3) is 0 Å². The molecule has 2 N–H and O–H groups in total. The number of rotatable bonds is 15. The van der Waals surface area contributed by atoms with E-state index in [2.05, 4.69) is 69.2 Å². The Morgan fingerprint density at radius 2 is 1.85 bits per heavy atom. The number of hydrogen-bond donors (Lipinski definition) is 2. The van der Waals surface area contributed by atoms with Crippen molar-refractivity contribution in [1.29, 1.82) is 5.41 Å². The average Bonchev–Trinajstić information content (AvgIpc) is 3.53. The summed E-state index contributed by atoms with van der Waals surface area (Å²) < 4.78 is 0. The van der Waals surface area contributed by atoms with Gasteiger partial charge in [-0.3, -0.25) is 4.99 Å². The lowest BCUT2D eigenvalue weighted by Crippen LogP contribution is -2.41. The van der Waals surface area contributed by atoms with E-state index in [1.807, 2.05) is 6.20 Å². The topological polar surface area (TPSA) is 67.1 Å². The van der Waals surface area contributed by atoms with Crippen LogP contribution in [0.1, 0.15) is 137 Å². The van der Waals surface area contributed by atoms with Gasteiger partial charge in [-0.1, -0.05) is 46.6 Å². The van der Waals surface area contributed by atoms with Crippen molar-refractivity contribution in [3.05, 3.63) is 35.8 Å². The molecule has 6 nitrogen and oxygen atoms in total. The highest BCUT2D eigenvalue weighted by Crippen LogP contribution is 2.60. The Kier molecular flexibility index (Phi) is 11.9. The van der Waals surface area contributed by atoms with Gasteiger partial charge in [-0.2, -0.15) is 0 Å². The zero-order chi connectivity index (χ0) is 33.7. The van der Waals surface area contributed by atoms with Gasteiger partial charge in [-0.15, -0.1) is 0 Å². The summed E-state index contributed by atoms with van der Waals surface area (Å²) in [5, 5.41) is 13.3. The molecule has 47 heavy (non-hydrogen) atoms. The monoisotopic (exact) mass is 645 g/mol. The molecule has 262 valence electrons. The van der Waals surface area contributed by atoms with Crippen LogP contribution in [0.15, 0.2) is 45.8 Å². The third-order valence-corrected chi connectivity index (χ3v) is 12.9. The van der Waals surface area contributed by atoms with Crippen molar-refractivity contribution < 1.29 is 0 Å². The Labute approximate surface area is 288 Å². The van der Waals surface area contributed by atoms with Crippen molar-refractivity contribution in [2.75, 3.05) is 33.2 Å². The van der Waals surface area contributed by atoms with Crippen molar-refractivity contribution in [3.8, 4) is 0 Å². The van der Waals surface area contributed by atoms with Crippen LogP contribution in [0.3, 0.4) is 0 Å². The normalized spacial score (nSPS) is 30.7. The minimum atomic E-state index is 0.0713. The molecule has 4 atom stereocenters. The van der Waals surface area contributed by atoms with Crippen LogP contribution in [-0.2, 0) is 0 Å². The Bertz CT molecular complexity index is 1210. The summed E-state index contributed by atoms with van der Waals surface area (Å²) in [4.78, 5) is 15.1. The van der Waals surface area contributed by atoms with Gasteiger partial charge < -0.3 is 20.5 Å². The lowest BCUT2D eigenvalue weighted by molar-refractivity contribution is 0.0878. The second-order valence-corrected chi connectivity index (χ2v) is 17.2. The van der Waals surface area contributed by atoms with Gasteiger partial charge in [0.05, 0.1) is 11.3 Å². The van der Waals surface area contributed by atoms with Crippen LogP contribution in [0.25, 0.3) is 0 Å². The van der Waals surface area contributed by atoms with Gasteiger partial charge >= 0.3 is 0 Å². The van der Waals surface area contributed by atoms with Gasteiger partial charge in [0, 0.05) is 43.4 Å². The third kappa shape index (κ3) is 8.69. The fourth-order valence-electron chi connectivity index (χ4n) is 9.95. The molecule has 1 heterocycles. The Morgan fingerprint density at radius 1 is 1.06 bits per heavy atom. The summed E-state index contributed by atoms with van der Waals surface area (Å²) in [6.07, 6.45) is 25.1. The third-order valence-electron chi connectivity index (χ3n) is 12.9. The van der Waals surface area contributed by atoms with E-state index in [0.717, 1.165) is 81.3 Å². The zero-order valence-electron chi connectivity index (χ0n) is 30.9. The van der Waals surface area contributed by atoms with Gasteiger partial charge in [-0.05, 0) is 151 Å². The highest BCUT2D eigenvalue weighted by molar-refractivity contribution is 6.15. The zero-order valence-corrected chi connectivity index (χ0v) is 30.9. The molecule has 0 aromatic heterocycles. The molecule has 0 amide bonds. The molecule has 1 aliphatic heterocycles. The second-order valence-electron chi connectivity index (χ2n) is 17.2. The van der Waals surface area contributed by atoms with E-state index in [9.17, 15) is 5.41 Å². The number of nitrogens with zero attached hydrogens (tertiary/aromatic N) is 4. The van der Waals surface area contributed by atoms with Gasteiger partial charge in [0.2, 0.25) is 0 Å². The first-order chi connectivity index (χ1) is 22.5. The highest BCUT2D eigenvalue weighted by atomic mass is 15.2. The van der Waals surface area contributed by atoms with Crippen molar-refractivity contribution in [1.82, 2.24) is 15.1 Å². The first-order valence-corrected chi connectivity index (χ1v) is 19.4. The van der Waals surface area contributed by atoms with Crippen molar-refractivity contribution in [2.24, 2.45) is 32.7 Å². The second kappa shape index (κ2) is 15.6. The number of likely N-dealkylation sites (tertiary alicyclic amines) is 1. The molecule has 1 spiro atoms. The molecule has 6 heteroatoms. The predicted molar refractivity (Wildman–Crippen MR) is 202 cm³/mol. The standard InChI is InChI=1S/C41H68N6/c1-8-45-40(24-25-40)30-47(28-14-21-39(3,4)5)37(43-6)29-36(44-26-12-16-33-17-13-27-46(33)7)31(2)34-20-19-32-15-11-23-41(32)22-10-9-18-35(41)38(34)42/h8,29,32-33,35,42,45H,1,6,9-28,30H2,2-5,7H3/b34-31+,37-29+,42-38?,44-36+/t32?,33?,35-,41?/m0/s1.